The fourth-order valence-electron chi connectivity index (χ4n) is 3.21. The molecule has 0 aliphatic rings. The second kappa shape index (κ2) is 9.53. The van der Waals surface area contributed by atoms with Gasteiger partial charge in [-0.25, -0.2) is 17.8 Å². The summed E-state index contributed by atoms with van der Waals surface area (Å²) in [6.45, 7) is 1.42. The number of sulfone groups is 1. The molecule has 0 bridgehead atoms. The van der Waals surface area contributed by atoms with Gasteiger partial charge in [0.1, 0.15) is 16.5 Å². The zero-order valence-corrected chi connectivity index (χ0v) is 19.0. The molecule has 0 saturated carbocycles. The van der Waals surface area contributed by atoms with Crippen molar-refractivity contribution in [2.75, 3.05) is 23.5 Å². The van der Waals surface area contributed by atoms with E-state index >= 15 is 0 Å². The lowest BCUT2D eigenvalue weighted by molar-refractivity contribution is 0.276. The summed E-state index contributed by atoms with van der Waals surface area (Å²) in [7, 11) is -3.70. The maximum Gasteiger partial charge on any atom is 0.253 e. The van der Waals surface area contributed by atoms with Gasteiger partial charge < -0.3 is 20.2 Å². The Bertz CT molecular complexity index is 1410. The summed E-state index contributed by atoms with van der Waals surface area (Å²) in [5.74, 6) is 0.0236. The number of hydrogen-bond acceptors (Lipinski definition) is 10. The van der Waals surface area contributed by atoms with Gasteiger partial charge in [-0.2, -0.15) is 4.98 Å². The molecule has 4 rings (SSSR count). The number of benzene rings is 2. The van der Waals surface area contributed by atoms with Gasteiger partial charge in [0.25, 0.3) is 5.89 Å². The van der Waals surface area contributed by atoms with Crippen LogP contribution in [-0.4, -0.2) is 46.6 Å². The number of aliphatic hydroxyl groups is 1. The number of nitrogens with zero attached hydrogens (tertiary/aromatic N) is 4. The van der Waals surface area contributed by atoms with E-state index in [4.69, 9.17) is 4.42 Å². The van der Waals surface area contributed by atoms with E-state index in [0.29, 0.717) is 11.5 Å². The van der Waals surface area contributed by atoms with Crippen molar-refractivity contribution in [1.82, 2.24) is 20.2 Å². The average Bonchev–Trinajstić information content (AvgIpc) is 3.23. The molecule has 2 aromatic heterocycles. The first kappa shape index (κ1) is 23.3. The molecule has 176 valence electrons. The maximum absolute atomic E-state index is 14.3. The minimum Gasteiger partial charge on any atom is -0.421 e. The maximum atomic E-state index is 14.3. The van der Waals surface area contributed by atoms with Crippen LogP contribution in [0.3, 0.4) is 0 Å². The number of nitrogens with one attached hydrogen (secondary N) is 2. The molecule has 10 nitrogen and oxygen atoms in total. The van der Waals surface area contributed by atoms with Crippen LogP contribution in [0.15, 0.2) is 64.0 Å². The van der Waals surface area contributed by atoms with Crippen LogP contribution in [0, 0.1) is 12.7 Å². The number of hydrogen-bond donors (Lipinski definition) is 3. The molecule has 1 atom stereocenters. The normalized spacial score (nSPS) is 12.4. The zero-order valence-electron chi connectivity index (χ0n) is 18.2. The number of halogens is 1. The van der Waals surface area contributed by atoms with Crippen molar-refractivity contribution in [3.63, 3.8) is 0 Å². The highest BCUT2D eigenvalue weighted by atomic mass is 32.2. The van der Waals surface area contributed by atoms with Crippen molar-refractivity contribution in [2.45, 2.75) is 17.9 Å². The SMILES string of the molecule is Cc1nnc(-c2cnc(Nc3ccc(S(C)(=O)=O)c(F)c3)nc2N[C@H](CO)c2ccccc2)o1. The lowest BCUT2D eigenvalue weighted by atomic mass is 10.1. The Morgan fingerprint density at radius 1 is 1.15 bits per heavy atom. The van der Waals surface area contributed by atoms with Gasteiger partial charge in [0, 0.05) is 25.1 Å². The quantitative estimate of drug-likeness (QED) is 0.341. The van der Waals surface area contributed by atoms with Crippen molar-refractivity contribution in [1.29, 1.82) is 0 Å². The van der Waals surface area contributed by atoms with Gasteiger partial charge in [-0.1, -0.05) is 30.3 Å². The van der Waals surface area contributed by atoms with Crippen LogP contribution in [0.2, 0.25) is 0 Å². The number of aliphatic hydroxyl groups excluding tert-OH is 1. The van der Waals surface area contributed by atoms with Crippen LogP contribution in [0.25, 0.3) is 11.5 Å². The van der Waals surface area contributed by atoms with E-state index in [-0.39, 0.29) is 30.0 Å². The van der Waals surface area contributed by atoms with Crippen LogP contribution in [0.1, 0.15) is 17.5 Å². The van der Waals surface area contributed by atoms with Gasteiger partial charge in [0.15, 0.2) is 9.84 Å². The van der Waals surface area contributed by atoms with E-state index in [9.17, 15) is 17.9 Å². The number of aryl methyl sites for hydroxylation is 1. The highest BCUT2D eigenvalue weighted by Crippen LogP contribution is 2.30. The Labute approximate surface area is 194 Å². The number of anilines is 3. The zero-order chi connectivity index (χ0) is 24.3. The van der Waals surface area contributed by atoms with Crippen molar-refractivity contribution < 1.29 is 22.3 Å². The molecule has 0 aliphatic carbocycles. The smallest absolute Gasteiger partial charge is 0.253 e. The molecule has 0 spiro atoms. The number of aromatic nitrogens is 4. The highest BCUT2D eigenvalue weighted by Gasteiger charge is 2.20. The molecule has 0 radical (unpaired) electrons. The molecular formula is C22H21FN6O4S. The first-order chi connectivity index (χ1) is 16.2. The Morgan fingerprint density at radius 2 is 1.91 bits per heavy atom. The van der Waals surface area contributed by atoms with Crippen LogP contribution in [-0.2, 0) is 9.84 Å². The summed E-state index contributed by atoms with van der Waals surface area (Å²) in [5, 5.41) is 23.8. The van der Waals surface area contributed by atoms with E-state index in [1.54, 1.807) is 6.92 Å². The summed E-state index contributed by atoms with van der Waals surface area (Å²) >= 11 is 0. The largest absolute Gasteiger partial charge is 0.421 e. The molecule has 0 unspecified atom stereocenters. The molecule has 0 fully saturated rings. The van der Waals surface area contributed by atoms with E-state index < -0.39 is 26.6 Å². The van der Waals surface area contributed by atoms with Crippen LogP contribution in [0.4, 0.5) is 21.8 Å². The lowest BCUT2D eigenvalue weighted by Crippen LogP contribution is -2.17. The molecule has 12 heteroatoms. The second-order valence-electron chi connectivity index (χ2n) is 7.41. The minimum atomic E-state index is -3.70. The summed E-state index contributed by atoms with van der Waals surface area (Å²) in [6, 6.07) is 12.4. The van der Waals surface area contributed by atoms with Crippen LogP contribution in [0.5, 0.6) is 0 Å². The van der Waals surface area contributed by atoms with E-state index in [1.807, 2.05) is 30.3 Å². The van der Waals surface area contributed by atoms with Crippen molar-refractivity contribution in [3.05, 3.63) is 72.0 Å². The molecule has 34 heavy (non-hydrogen) atoms. The van der Waals surface area contributed by atoms with Crippen LogP contribution < -0.4 is 10.6 Å². The summed E-state index contributed by atoms with van der Waals surface area (Å²) in [4.78, 5) is 8.28. The lowest BCUT2D eigenvalue weighted by Gasteiger charge is -2.19. The monoisotopic (exact) mass is 484 g/mol. The van der Waals surface area contributed by atoms with Gasteiger partial charge in [-0.05, 0) is 23.8 Å². The third kappa shape index (κ3) is 5.18. The summed E-state index contributed by atoms with van der Waals surface area (Å²) in [5.41, 5.74) is 1.47. The molecule has 4 aromatic rings. The van der Waals surface area contributed by atoms with Gasteiger partial charge >= 0.3 is 0 Å². The van der Waals surface area contributed by atoms with Crippen molar-refractivity contribution in [2.24, 2.45) is 0 Å². The first-order valence-corrected chi connectivity index (χ1v) is 12.0. The van der Waals surface area contributed by atoms with Gasteiger partial charge in [-0.3, -0.25) is 0 Å². The molecular weight excluding hydrogens is 463 g/mol. The Morgan fingerprint density at radius 3 is 2.53 bits per heavy atom. The summed E-state index contributed by atoms with van der Waals surface area (Å²) in [6.07, 6.45) is 2.38. The Balaban J connectivity index is 1.69. The minimum absolute atomic E-state index is 0.0961. The van der Waals surface area contributed by atoms with Gasteiger partial charge in [0.05, 0.1) is 18.2 Å². The van der Waals surface area contributed by atoms with Gasteiger partial charge in [0.2, 0.25) is 11.8 Å². The Hall–Kier alpha value is -3.90. The highest BCUT2D eigenvalue weighted by molar-refractivity contribution is 7.90. The third-order valence-corrected chi connectivity index (χ3v) is 5.96. The molecule has 0 amide bonds. The second-order valence-corrected chi connectivity index (χ2v) is 9.40. The van der Waals surface area contributed by atoms with Crippen molar-refractivity contribution in [3.8, 4) is 11.5 Å². The topological polar surface area (TPSA) is 143 Å². The predicted octanol–water partition coefficient (Wildman–Crippen LogP) is 3.27. The third-order valence-electron chi connectivity index (χ3n) is 4.83. The standard InChI is InChI=1S/C22H21FN6O4S/c1-13-28-29-21(33-13)16-11-24-22(25-15-8-9-19(17(23)10-15)34(2,31)32)27-20(16)26-18(12-30)14-6-4-3-5-7-14/h3-11,18,30H,12H2,1-2H3,(H2,24,25,26,27)/t18-/m1/s1. The van der Waals surface area contributed by atoms with Gasteiger partial charge in [-0.15, -0.1) is 10.2 Å². The Kier molecular flexibility index (Phi) is 6.52. The molecule has 3 N–H and O–H groups in total. The molecule has 2 heterocycles. The first-order valence-electron chi connectivity index (χ1n) is 10.1. The van der Waals surface area contributed by atoms with Crippen molar-refractivity contribution >= 4 is 27.3 Å². The predicted molar refractivity (Wildman–Crippen MR) is 123 cm³/mol. The van der Waals surface area contributed by atoms with E-state index in [0.717, 1.165) is 17.9 Å². The van der Waals surface area contributed by atoms with E-state index in [2.05, 4.69) is 30.8 Å². The average molecular weight is 485 g/mol. The molecule has 2 aromatic carbocycles. The molecule has 0 saturated heterocycles. The molecule has 0 aliphatic heterocycles. The fourth-order valence-corrected chi connectivity index (χ4v) is 3.94. The van der Waals surface area contributed by atoms with E-state index in [1.165, 1.54) is 18.3 Å². The fraction of sp³-hybridized carbons (Fsp3) is 0.182. The summed E-state index contributed by atoms with van der Waals surface area (Å²) < 4.78 is 43.1. The number of rotatable bonds is 8. The van der Waals surface area contributed by atoms with Crippen LogP contribution >= 0.6 is 0 Å².